The molecule has 1 fully saturated rings. The molecule has 0 amide bonds. The molecule has 1 saturated heterocycles. The van der Waals surface area contributed by atoms with Gasteiger partial charge in [-0.25, -0.2) is 0 Å². The fourth-order valence-electron chi connectivity index (χ4n) is 4.12. The molecule has 1 aliphatic rings. The largest absolute Gasteiger partial charge is 0.507 e. The number of halogens is 1. The first kappa shape index (κ1) is 18.8. The number of phenols is 2. The minimum atomic E-state index is -0.695. The Balaban J connectivity index is 2.08. The van der Waals surface area contributed by atoms with Gasteiger partial charge in [0.1, 0.15) is 28.2 Å². The molecule has 1 aromatic heterocycles. The van der Waals surface area contributed by atoms with Gasteiger partial charge in [-0.1, -0.05) is 30.7 Å². The third kappa shape index (κ3) is 2.76. The standard InChI is InChI=1S/C21H20ClNO5/c1-21(6-7-23-17(21)10-24)19-15(27)8-13(25)18-14(26)9-16(28-20(18)19)11-4-2-3-5-12(11)22/h2-5,8-9,17,23-25,27H,6-7,10H2,1H3/t17-,21+/m0/s1. The lowest BCUT2D eigenvalue weighted by Crippen LogP contribution is -2.41. The smallest absolute Gasteiger partial charge is 0.197 e. The van der Waals surface area contributed by atoms with E-state index in [4.69, 9.17) is 16.0 Å². The van der Waals surface area contributed by atoms with E-state index in [2.05, 4.69) is 5.32 Å². The Hall–Kier alpha value is -2.54. The molecule has 6 nitrogen and oxygen atoms in total. The molecule has 7 heteroatoms. The zero-order valence-corrected chi connectivity index (χ0v) is 16.0. The lowest BCUT2D eigenvalue weighted by molar-refractivity contribution is 0.213. The van der Waals surface area contributed by atoms with Crippen LogP contribution in [0.3, 0.4) is 0 Å². The topological polar surface area (TPSA) is 103 Å². The minimum absolute atomic E-state index is 0.00609. The Morgan fingerprint density at radius 3 is 2.71 bits per heavy atom. The van der Waals surface area contributed by atoms with E-state index in [1.54, 1.807) is 24.3 Å². The van der Waals surface area contributed by atoms with Crippen LogP contribution < -0.4 is 10.7 Å². The highest BCUT2D eigenvalue weighted by Gasteiger charge is 2.44. The van der Waals surface area contributed by atoms with Gasteiger partial charge in [0.25, 0.3) is 0 Å². The van der Waals surface area contributed by atoms with E-state index in [-0.39, 0.29) is 40.9 Å². The van der Waals surface area contributed by atoms with Crippen molar-refractivity contribution in [2.45, 2.75) is 24.8 Å². The van der Waals surface area contributed by atoms with E-state index in [9.17, 15) is 20.1 Å². The summed E-state index contributed by atoms with van der Waals surface area (Å²) in [6, 6.07) is 9.06. The summed E-state index contributed by atoms with van der Waals surface area (Å²) in [5.41, 5.74) is -0.116. The van der Waals surface area contributed by atoms with Crippen molar-refractivity contribution < 1.29 is 19.7 Å². The minimum Gasteiger partial charge on any atom is -0.507 e. The molecule has 0 spiro atoms. The van der Waals surface area contributed by atoms with Crippen LogP contribution in [0.15, 0.2) is 45.6 Å². The van der Waals surface area contributed by atoms with Crippen LogP contribution in [0.5, 0.6) is 11.5 Å². The Labute approximate surface area is 166 Å². The van der Waals surface area contributed by atoms with Crippen LogP contribution >= 0.6 is 11.6 Å². The second kappa shape index (κ2) is 6.81. The van der Waals surface area contributed by atoms with Gasteiger partial charge in [0.2, 0.25) is 0 Å². The number of aromatic hydroxyl groups is 2. The van der Waals surface area contributed by atoms with E-state index in [0.717, 1.165) is 6.07 Å². The summed E-state index contributed by atoms with van der Waals surface area (Å²) in [4.78, 5) is 12.8. The third-order valence-corrected chi connectivity index (χ3v) is 5.99. The normalized spacial score (nSPS) is 22.0. The van der Waals surface area contributed by atoms with E-state index in [0.29, 0.717) is 29.1 Å². The summed E-state index contributed by atoms with van der Waals surface area (Å²) in [6.07, 6.45) is 0.617. The van der Waals surface area contributed by atoms with Crippen molar-refractivity contribution in [1.82, 2.24) is 5.32 Å². The molecular formula is C21H20ClNO5. The van der Waals surface area contributed by atoms with Crippen LogP contribution in [-0.2, 0) is 5.41 Å². The number of nitrogens with one attached hydrogen (secondary N) is 1. The average Bonchev–Trinajstić information content (AvgIpc) is 3.02. The summed E-state index contributed by atoms with van der Waals surface area (Å²) in [5, 5.41) is 34.4. The number of benzene rings is 2. The van der Waals surface area contributed by atoms with E-state index in [1.165, 1.54) is 6.07 Å². The van der Waals surface area contributed by atoms with Crippen LogP contribution in [-0.4, -0.2) is 34.5 Å². The highest BCUT2D eigenvalue weighted by Crippen LogP contribution is 2.46. The number of aliphatic hydroxyl groups is 1. The van der Waals surface area contributed by atoms with Crippen molar-refractivity contribution in [1.29, 1.82) is 0 Å². The number of aliphatic hydroxyl groups excluding tert-OH is 1. The molecular weight excluding hydrogens is 382 g/mol. The van der Waals surface area contributed by atoms with Gasteiger partial charge in [-0.05, 0) is 25.1 Å². The first-order valence-electron chi connectivity index (χ1n) is 8.99. The molecule has 0 radical (unpaired) electrons. The van der Waals surface area contributed by atoms with Crippen LogP contribution in [0.4, 0.5) is 0 Å². The Kier molecular flexibility index (Phi) is 4.57. The molecule has 0 saturated carbocycles. The molecule has 1 aliphatic heterocycles. The second-order valence-corrected chi connectivity index (χ2v) is 7.71. The van der Waals surface area contributed by atoms with E-state index in [1.807, 2.05) is 6.92 Å². The number of rotatable bonds is 3. The average molecular weight is 402 g/mol. The first-order valence-corrected chi connectivity index (χ1v) is 9.37. The maximum absolute atomic E-state index is 12.8. The lowest BCUT2D eigenvalue weighted by atomic mass is 9.75. The predicted octanol–water partition coefficient (Wildman–Crippen LogP) is 3.14. The number of phenolic OH excluding ortho intramolecular Hbond substituents is 2. The Bertz CT molecular complexity index is 1130. The lowest BCUT2D eigenvalue weighted by Gasteiger charge is -2.31. The summed E-state index contributed by atoms with van der Waals surface area (Å²) in [5.74, 6) is -0.302. The SMILES string of the molecule is C[C@@]1(c2c(O)cc(O)c3c(=O)cc(-c4ccccc4Cl)oc23)CCN[C@H]1CO. The molecule has 4 rings (SSSR count). The van der Waals surface area contributed by atoms with E-state index < -0.39 is 10.8 Å². The van der Waals surface area contributed by atoms with E-state index >= 15 is 0 Å². The quantitative estimate of drug-likeness (QED) is 0.537. The maximum atomic E-state index is 12.8. The van der Waals surface area contributed by atoms with Crippen molar-refractivity contribution in [3.63, 3.8) is 0 Å². The zero-order valence-electron chi connectivity index (χ0n) is 15.2. The Morgan fingerprint density at radius 2 is 2.00 bits per heavy atom. The van der Waals surface area contributed by atoms with Gasteiger partial charge in [-0.3, -0.25) is 4.79 Å². The van der Waals surface area contributed by atoms with Crippen LogP contribution in [0.25, 0.3) is 22.3 Å². The highest BCUT2D eigenvalue weighted by molar-refractivity contribution is 6.33. The third-order valence-electron chi connectivity index (χ3n) is 5.66. The van der Waals surface area contributed by atoms with Crippen LogP contribution in [0.1, 0.15) is 18.9 Å². The van der Waals surface area contributed by atoms with Gasteiger partial charge in [0.05, 0.1) is 11.6 Å². The molecule has 2 aromatic carbocycles. The van der Waals surface area contributed by atoms with Gasteiger partial charge in [0, 0.05) is 34.7 Å². The molecule has 2 atom stereocenters. The molecule has 3 aromatic rings. The van der Waals surface area contributed by atoms with Gasteiger partial charge in [-0.15, -0.1) is 0 Å². The van der Waals surface area contributed by atoms with Crippen molar-refractivity contribution in [3.05, 3.63) is 57.2 Å². The van der Waals surface area contributed by atoms with Crippen molar-refractivity contribution >= 4 is 22.6 Å². The summed E-state index contributed by atoms with van der Waals surface area (Å²) < 4.78 is 6.06. The second-order valence-electron chi connectivity index (χ2n) is 7.31. The first-order chi connectivity index (χ1) is 13.4. The molecule has 146 valence electrons. The molecule has 4 N–H and O–H groups in total. The molecule has 2 heterocycles. The van der Waals surface area contributed by atoms with Gasteiger partial charge in [0.15, 0.2) is 5.43 Å². The number of hydrogen-bond acceptors (Lipinski definition) is 6. The fraction of sp³-hybridized carbons (Fsp3) is 0.286. The van der Waals surface area contributed by atoms with Gasteiger partial charge in [-0.2, -0.15) is 0 Å². The van der Waals surface area contributed by atoms with Gasteiger partial charge >= 0.3 is 0 Å². The Morgan fingerprint density at radius 1 is 1.25 bits per heavy atom. The van der Waals surface area contributed by atoms with Crippen LogP contribution in [0, 0.1) is 0 Å². The fourth-order valence-corrected chi connectivity index (χ4v) is 4.35. The molecule has 28 heavy (non-hydrogen) atoms. The van der Waals surface area contributed by atoms with Crippen molar-refractivity contribution in [2.75, 3.05) is 13.2 Å². The predicted molar refractivity (Wildman–Crippen MR) is 107 cm³/mol. The summed E-state index contributed by atoms with van der Waals surface area (Å²) in [7, 11) is 0. The molecule has 0 aliphatic carbocycles. The highest BCUT2D eigenvalue weighted by atomic mass is 35.5. The molecule has 0 bridgehead atoms. The summed E-state index contributed by atoms with van der Waals surface area (Å²) in [6.45, 7) is 2.38. The van der Waals surface area contributed by atoms with Crippen molar-refractivity contribution in [2.24, 2.45) is 0 Å². The zero-order chi connectivity index (χ0) is 20.1. The number of fused-ring (bicyclic) bond motifs is 1. The van der Waals surface area contributed by atoms with Gasteiger partial charge < -0.3 is 25.1 Å². The monoisotopic (exact) mass is 401 g/mol. The maximum Gasteiger partial charge on any atom is 0.197 e. The summed E-state index contributed by atoms with van der Waals surface area (Å²) >= 11 is 6.26. The number of hydrogen-bond donors (Lipinski definition) is 4. The van der Waals surface area contributed by atoms with Crippen molar-refractivity contribution in [3.8, 4) is 22.8 Å². The molecule has 0 unspecified atom stereocenters. The van der Waals surface area contributed by atoms with Crippen LogP contribution in [0.2, 0.25) is 5.02 Å².